The van der Waals surface area contributed by atoms with Gasteiger partial charge >= 0.3 is 15.6 Å². The fourth-order valence-corrected chi connectivity index (χ4v) is 2.67. The highest BCUT2D eigenvalue weighted by Crippen LogP contribution is 2.32. The highest BCUT2D eigenvalue weighted by Gasteiger charge is 2.48. The number of halogens is 3. The Morgan fingerprint density at radius 2 is 1.46 bits per heavy atom. The summed E-state index contributed by atoms with van der Waals surface area (Å²) in [5.41, 5.74) is -4.29. The molecule has 0 fully saturated rings. The highest BCUT2D eigenvalue weighted by atomic mass is 32.2. The van der Waals surface area contributed by atoms with Gasteiger partial charge < -0.3 is 13.7 Å². The highest BCUT2D eigenvalue weighted by molar-refractivity contribution is 7.88. The fraction of sp³-hybridized carbons (Fsp3) is 0.294. The van der Waals surface area contributed by atoms with Gasteiger partial charge in [-0.3, -0.25) is 0 Å². The van der Waals surface area contributed by atoms with Gasteiger partial charge in [0.05, 0.1) is 14.2 Å². The molecule has 0 amide bonds. The first-order chi connectivity index (χ1) is 12.2. The molecule has 0 unspecified atom stereocenters. The fourth-order valence-electron chi connectivity index (χ4n) is 2.18. The summed E-state index contributed by atoms with van der Waals surface area (Å²) in [7, 11) is -2.91. The smallest absolute Gasteiger partial charge is 0.497 e. The Morgan fingerprint density at radius 1 is 0.885 bits per heavy atom. The molecule has 0 aliphatic carbocycles. The Bertz CT molecular complexity index is 846. The largest absolute Gasteiger partial charge is 0.534 e. The molecule has 0 bridgehead atoms. The summed E-state index contributed by atoms with van der Waals surface area (Å²) in [5, 5.41) is 0. The number of alkyl halides is 3. The van der Waals surface area contributed by atoms with Crippen LogP contribution >= 0.6 is 0 Å². The van der Waals surface area contributed by atoms with Crippen LogP contribution in [-0.4, -0.2) is 28.1 Å². The summed E-state index contributed by atoms with van der Waals surface area (Å²) in [6, 6.07) is 11.3. The predicted molar refractivity (Wildman–Crippen MR) is 89.0 cm³/mol. The Labute approximate surface area is 149 Å². The third-order valence-corrected chi connectivity index (χ3v) is 4.57. The van der Waals surface area contributed by atoms with E-state index in [1.54, 1.807) is 12.1 Å². The number of hydrogen-bond acceptors (Lipinski definition) is 5. The van der Waals surface area contributed by atoms with Gasteiger partial charge in [-0.2, -0.15) is 21.6 Å². The molecule has 0 heterocycles. The van der Waals surface area contributed by atoms with E-state index in [1.165, 1.54) is 26.4 Å². The minimum absolute atomic E-state index is 0.186. The van der Waals surface area contributed by atoms with Crippen LogP contribution in [-0.2, 0) is 23.0 Å². The Hall–Kier alpha value is -2.42. The number of benzene rings is 2. The third kappa shape index (κ3) is 4.81. The maximum atomic E-state index is 12.6. The van der Waals surface area contributed by atoms with Crippen LogP contribution in [0.2, 0.25) is 0 Å². The zero-order valence-electron chi connectivity index (χ0n) is 14.0. The van der Waals surface area contributed by atoms with E-state index >= 15 is 0 Å². The van der Waals surface area contributed by atoms with Crippen molar-refractivity contribution >= 4 is 10.1 Å². The van der Waals surface area contributed by atoms with E-state index < -0.39 is 21.4 Å². The van der Waals surface area contributed by atoms with Gasteiger partial charge in [-0.05, 0) is 42.2 Å². The van der Waals surface area contributed by atoms with E-state index in [0.29, 0.717) is 17.7 Å². The molecule has 0 atom stereocenters. The van der Waals surface area contributed by atoms with E-state index in [-0.39, 0.29) is 12.2 Å². The van der Waals surface area contributed by atoms with Gasteiger partial charge in [0, 0.05) is 6.07 Å². The third-order valence-electron chi connectivity index (χ3n) is 3.60. The van der Waals surface area contributed by atoms with Gasteiger partial charge in [0.1, 0.15) is 17.2 Å². The number of methoxy groups -OCH3 is 2. The second kappa shape index (κ2) is 7.86. The van der Waals surface area contributed by atoms with Crippen molar-refractivity contribution in [1.82, 2.24) is 0 Å². The van der Waals surface area contributed by atoms with Gasteiger partial charge in [0.2, 0.25) is 0 Å². The van der Waals surface area contributed by atoms with E-state index in [4.69, 9.17) is 9.47 Å². The minimum Gasteiger partial charge on any atom is -0.497 e. The van der Waals surface area contributed by atoms with Crippen molar-refractivity contribution < 1.29 is 35.2 Å². The molecular formula is C17H17F3O5S. The molecule has 2 aromatic rings. The lowest BCUT2D eigenvalue weighted by Gasteiger charge is -2.14. The molecule has 0 saturated heterocycles. The second-order valence-electron chi connectivity index (χ2n) is 5.30. The first kappa shape index (κ1) is 19.9. The van der Waals surface area contributed by atoms with Crippen LogP contribution in [0.1, 0.15) is 11.1 Å². The molecule has 2 aromatic carbocycles. The average molecular weight is 390 g/mol. The first-order valence-electron chi connectivity index (χ1n) is 7.47. The van der Waals surface area contributed by atoms with Crippen molar-refractivity contribution in [2.24, 2.45) is 0 Å². The second-order valence-corrected chi connectivity index (χ2v) is 6.84. The van der Waals surface area contributed by atoms with Crippen LogP contribution < -0.4 is 13.7 Å². The van der Waals surface area contributed by atoms with Crippen molar-refractivity contribution in [1.29, 1.82) is 0 Å². The standard InChI is InChI=1S/C17H17F3O5S/c1-23-14-8-4-12(5-9-14)3-6-13-7-10-15(24-2)11-16(13)25-26(21,22)17(18,19)20/h4-5,7-11H,3,6H2,1-2H3. The van der Waals surface area contributed by atoms with Gasteiger partial charge in [0.15, 0.2) is 0 Å². The number of aryl methyl sites for hydroxylation is 2. The minimum atomic E-state index is -5.76. The van der Waals surface area contributed by atoms with Gasteiger partial charge in [-0.1, -0.05) is 18.2 Å². The van der Waals surface area contributed by atoms with Crippen LogP contribution in [0.5, 0.6) is 17.2 Å². The lowest BCUT2D eigenvalue weighted by Crippen LogP contribution is -2.28. The Morgan fingerprint density at radius 3 is 2.00 bits per heavy atom. The molecule has 9 heteroatoms. The monoisotopic (exact) mass is 390 g/mol. The molecule has 0 saturated carbocycles. The van der Waals surface area contributed by atoms with Crippen molar-refractivity contribution in [3.8, 4) is 17.2 Å². The molecule has 2 rings (SSSR count). The van der Waals surface area contributed by atoms with Gasteiger partial charge in [-0.15, -0.1) is 0 Å². The number of hydrogen-bond donors (Lipinski definition) is 0. The van der Waals surface area contributed by atoms with Crippen LogP contribution in [0.15, 0.2) is 42.5 Å². The molecule has 0 radical (unpaired) electrons. The average Bonchev–Trinajstić information content (AvgIpc) is 2.59. The molecule has 0 N–H and O–H groups in total. The van der Waals surface area contributed by atoms with E-state index in [1.807, 2.05) is 12.1 Å². The quantitative estimate of drug-likeness (QED) is 0.533. The summed E-state index contributed by atoms with van der Waals surface area (Å²) in [6.07, 6.45) is 0.748. The maximum Gasteiger partial charge on any atom is 0.534 e. The van der Waals surface area contributed by atoms with Gasteiger partial charge in [0.25, 0.3) is 0 Å². The molecule has 142 valence electrons. The topological polar surface area (TPSA) is 61.8 Å². The van der Waals surface area contributed by atoms with Crippen LogP contribution in [0.3, 0.4) is 0 Å². The zero-order chi connectivity index (χ0) is 19.4. The van der Waals surface area contributed by atoms with Crippen LogP contribution in [0.4, 0.5) is 13.2 Å². The zero-order valence-corrected chi connectivity index (χ0v) is 14.9. The Kier molecular flexibility index (Phi) is 6.01. The molecule has 0 aliphatic rings. The lowest BCUT2D eigenvalue weighted by atomic mass is 10.0. The summed E-state index contributed by atoms with van der Waals surface area (Å²) in [6.45, 7) is 0. The van der Waals surface area contributed by atoms with Crippen molar-refractivity contribution in [2.75, 3.05) is 14.2 Å². The molecule has 5 nitrogen and oxygen atoms in total. The molecule has 0 aromatic heterocycles. The molecular weight excluding hydrogens is 373 g/mol. The van der Waals surface area contributed by atoms with Crippen LogP contribution in [0.25, 0.3) is 0 Å². The summed E-state index contributed by atoms with van der Waals surface area (Å²) in [4.78, 5) is 0. The summed E-state index contributed by atoms with van der Waals surface area (Å²) in [5.74, 6) is 0.458. The lowest BCUT2D eigenvalue weighted by molar-refractivity contribution is -0.0500. The van der Waals surface area contributed by atoms with E-state index in [2.05, 4.69) is 4.18 Å². The SMILES string of the molecule is COc1ccc(CCc2ccc(OC)cc2OS(=O)(=O)C(F)(F)F)cc1. The predicted octanol–water partition coefficient (Wildman–Crippen LogP) is 3.72. The number of ether oxygens (including phenoxy) is 2. The van der Waals surface area contributed by atoms with Crippen molar-refractivity contribution in [3.63, 3.8) is 0 Å². The van der Waals surface area contributed by atoms with Crippen molar-refractivity contribution in [2.45, 2.75) is 18.3 Å². The number of rotatable bonds is 7. The molecule has 0 aliphatic heterocycles. The van der Waals surface area contributed by atoms with Gasteiger partial charge in [-0.25, -0.2) is 0 Å². The first-order valence-corrected chi connectivity index (χ1v) is 8.87. The normalized spacial score (nSPS) is 11.9. The van der Waals surface area contributed by atoms with E-state index in [0.717, 1.165) is 11.6 Å². The molecule has 0 spiro atoms. The Balaban J connectivity index is 2.24. The van der Waals surface area contributed by atoms with Crippen molar-refractivity contribution in [3.05, 3.63) is 53.6 Å². The maximum absolute atomic E-state index is 12.6. The van der Waals surface area contributed by atoms with Crippen LogP contribution in [0, 0.1) is 0 Å². The van der Waals surface area contributed by atoms with E-state index in [9.17, 15) is 21.6 Å². The summed E-state index contributed by atoms with van der Waals surface area (Å²) < 4.78 is 74.7. The molecule has 26 heavy (non-hydrogen) atoms. The summed E-state index contributed by atoms with van der Waals surface area (Å²) >= 11 is 0.